The van der Waals surface area contributed by atoms with E-state index in [2.05, 4.69) is 0 Å². The maximum absolute atomic E-state index is 9.08. The third-order valence-electron chi connectivity index (χ3n) is 0. The summed E-state index contributed by atoms with van der Waals surface area (Å²) in [6.45, 7) is 0. The molecule has 0 rings (SSSR count). The van der Waals surface area contributed by atoms with Crippen molar-refractivity contribution < 1.29 is 13.0 Å². The van der Waals surface area contributed by atoms with Gasteiger partial charge in [-0.25, -0.2) is 8.42 Å². The summed E-state index contributed by atoms with van der Waals surface area (Å²) >= 11 is 0. The molecule has 0 aromatic rings. The van der Waals surface area contributed by atoms with Gasteiger partial charge in [0.05, 0.1) is 10.1 Å². The van der Waals surface area contributed by atoms with E-state index in [9.17, 15) is 0 Å². The van der Waals surface area contributed by atoms with Gasteiger partial charge in [0.2, 0.25) is 0 Å². The van der Waals surface area contributed by atoms with Gasteiger partial charge in [0.25, 0.3) is 0 Å². The normalized spacial score (nSPS) is 9.67. The van der Waals surface area contributed by atoms with Crippen molar-refractivity contribution >= 4 is 10.1 Å². The molecule has 0 radical (unpaired) electrons. The maximum atomic E-state index is 9.08. The first kappa shape index (κ1) is 9.32. The summed E-state index contributed by atoms with van der Waals surface area (Å²) in [7, 11) is -3.92. The SMILES string of the molecule is C.CS(=O)(=O)[O-]. The zero-order valence-electron chi connectivity index (χ0n) is 2.63. The molecule has 6 heavy (non-hydrogen) atoms. The van der Waals surface area contributed by atoms with Crippen LogP contribution in [0.2, 0.25) is 0 Å². The molecule has 0 amide bonds. The van der Waals surface area contributed by atoms with Crippen molar-refractivity contribution in [2.45, 2.75) is 7.43 Å². The predicted octanol–water partition coefficient (Wildman–Crippen LogP) is -0.202. The van der Waals surface area contributed by atoms with Gasteiger partial charge in [-0.15, -0.1) is 0 Å². The minimum absolute atomic E-state index is 0. The van der Waals surface area contributed by atoms with Crippen LogP contribution < -0.4 is 0 Å². The fourth-order valence-electron chi connectivity index (χ4n) is 0. The lowest BCUT2D eigenvalue weighted by Gasteiger charge is -1.90. The zero-order valence-corrected chi connectivity index (χ0v) is 3.45. The summed E-state index contributed by atoms with van der Waals surface area (Å²) in [5, 5.41) is 0. The van der Waals surface area contributed by atoms with Crippen LogP contribution in [0.3, 0.4) is 0 Å². The highest BCUT2D eigenvalue weighted by atomic mass is 32.2. The highest BCUT2D eigenvalue weighted by Crippen LogP contribution is 1.59. The number of rotatable bonds is 0. The van der Waals surface area contributed by atoms with E-state index in [1.807, 2.05) is 0 Å². The van der Waals surface area contributed by atoms with E-state index in [1.165, 1.54) is 0 Å². The largest absolute Gasteiger partial charge is 0.748 e. The van der Waals surface area contributed by atoms with Gasteiger partial charge >= 0.3 is 0 Å². The average Bonchev–Trinajstić information content (AvgIpc) is 0.722. The summed E-state index contributed by atoms with van der Waals surface area (Å²) in [5.41, 5.74) is 0. The number of hydrogen-bond donors (Lipinski definition) is 0. The van der Waals surface area contributed by atoms with E-state index in [0.717, 1.165) is 0 Å². The van der Waals surface area contributed by atoms with Crippen LogP contribution in [0.1, 0.15) is 7.43 Å². The van der Waals surface area contributed by atoms with Crippen LogP contribution in [-0.2, 0) is 10.1 Å². The minimum atomic E-state index is -3.92. The predicted molar refractivity (Wildman–Crippen MR) is 22.4 cm³/mol. The molecule has 3 nitrogen and oxygen atoms in total. The Bertz CT molecular complexity index is 92.0. The Kier molecular flexibility index (Phi) is 3.34. The molecule has 40 valence electrons. The van der Waals surface area contributed by atoms with E-state index in [-0.39, 0.29) is 7.43 Å². The van der Waals surface area contributed by atoms with Crippen molar-refractivity contribution in [2.75, 3.05) is 6.26 Å². The van der Waals surface area contributed by atoms with Gasteiger partial charge in [-0.1, -0.05) is 7.43 Å². The molecule has 0 atom stereocenters. The van der Waals surface area contributed by atoms with E-state index in [4.69, 9.17) is 13.0 Å². The first-order valence-electron chi connectivity index (χ1n) is 0.908. The lowest BCUT2D eigenvalue weighted by Crippen LogP contribution is -1.88. The van der Waals surface area contributed by atoms with Crippen molar-refractivity contribution in [3.05, 3.63) is 0 Å². The summed E-state index contributed by atoms with van der Waals surface area (Å²) < 4.78 is 27.2. The molecule has 0 bridgehead atoms. The fraction of sp³-hybridized carbons (Fsp3) is 1.00. The summed E-state index contributed by atoms with van der Waals surface area (Å²) in [5.74, 6) is 0. The molecular formula is C2H7O3S-. The van der Waals surface area contributed by atoms with Gasteiger partial charge in [-0.2, -0.15) is 0 Å². The van der Waals surface area contributed by atoms with Crippen LogP contribution in [0.5, 0.6) is 0 Å². The van der Waals surface area contributed by atoms with Crippen molar-refractivity contribution in [1.82, 2.24) is 0 Å². The second-order valence-corrected chi connectivity index (χ2v) is 2.11. The molecule has 0 fully saturated rings. The molecule has 0 aliphatic carbocycles. The molecular weight excluding hydrogens is 104 g/mol. The number of hydrogen-bond acceptors (Lipinski definition) is 3. The first-order valence-corrected chi connectivity index (χ1v) is 2.72. The highest BCUT2D eigenvalue weighted by Gasteiger charge is 1.65. The first-order chi connectivity index (χ1) is 2.00. The molecule has 0 aromatic heterocycles. The van der Waals surface area contributed by atoms with Crippen LogP contribution in [0.15, 0.2) is 0 Å². The average molecular weight is 111 g/mol. The Balaban J connectivity index is 0. The van der Waals surface area contributed by atoms with Gasteiger partial charge in [-0.3, -0.25) is 0 Å². The topological polar surface area (TPSA) is 57.2 Å². The molecule has 0 aliphatic rings. The molecule has 0 spiro atoms. The van der Waals surface area contributed by atoms with E-state index < -0.39 is 10.1 Å². The molecule has 0 saturated carbocycles. The second kappa shape index (κ2) is 2.15. The second-order valence-electron chi connectivity index (χ2n) is 0.704. The monoisotopic (exact) mass is 111 g/mol. The van der Waals surface area contributed by atoms with Gasteiger partial charge in [0.15, 0.2) is 0 Å². The quantitative estimate of drug-likeness (QED) is 0.407. The Hall–Kier alpha value is -0.0900. The summed E-state index contributed by atoms with van der Waals surface area (Å²) in [6.07, 6.45) is 0.604. The third kappa shape index (κ3) is 4090. The molecule has 0 aromatic carbocycles. The van der Waals surface area contributed by atoms with E-state index >= 15 is 0 Å². The lowest BCUT2D eigenvalue weighted by atomic mass is 12.0. The van der Waals surface area contributed by atoms with Gasteiger partial charge in [0, 0.05) is 6.26 Å². The van der Waals surface area contributed by atoms with Gasteiger partial charge in [-0.05, 0) is 0 Å². The standard InChI is InChI=1S/CH4O3S.CH4/c1-5(2,3)4;/h1H3,(H,2,3,4);1H4/p-1. The van der Waals surface area contributed by atoms with Crippen molar-refractivity contribution in [1.29, 1.82) is 0 Å². The summed E-state index contributed by atoms with van der Waals surface area (Å²) in [6, 6.07) is 0. The van der Waals surface area contributed by atoms with E-state index in [0.29, 0.717) is 6.26 Å². The smallest absolute Gasteiger partial charge is 0.0916 e. The maximum Gasteiger partial charge on any atom is 0.0916 e. The highest BCUT2D eigenvalue weighted by molar-refractivity contribution is 7.84. The van der Waals surface area contributed by atoms with Crippen LogP contribution >= 0.6 is 0 Å². The Morgan fingerprint density at radius 2 is 1.50 bits per heavy atom. The zero-order chi connectivity index (χ0) is 4.50. The van der Waals surface area contributed by atoms with Crippen LogP contribution in [0, 0.1) is 0 Å². The summed E-state index contributed by atoms with van der Waals surface area (Å²) in [4.78, 5) is 0. The molecule has 0 aliphatic heterocycles. The third-order valence-corrected chi connectivity index (χ3v) is 0. The molecule has 0 unspecified atom stereocenters. The van der Waals surface area contributed by atoms with Crippen LogP contribution in [0.4, 0.5) is 0 Å². The molecule has 0 N–H and O–H groups in total. The minimum Gasteiger partial charge on any atom is -0.748 e. The van der Waals surface area contributed by atoms with Crippen molar-refractivity contribution in [3.8, 4) is 0 Å². The lowest BCUT2D eigenvalue weighted by molar-refractivity contribution is 0.470. The van der Waals surface area contributed by atoms with E-state index in [1.54, 1.807) is 0 Å². The Labute approximate surface area is 37.7 Å². The van der Waals surface area contributed by atoms with Gasteiger partial charge < -0.3 is 4.55 Å². The van der Waals surface area contributed by atoms with Crippen LogP contribution in [-0.4, -0.2) is 19.2 Å². The van der Waals surface area contributed by atoms with Crippen molar-refractivity contribution in [3.63, 3.8) is 0 Å². The van der Waals surface area contributed by atoms with Gasteiger partial charge in [0.1, 0.15) is 0 Å². The Morgan fingerprint density at radius 3 is 1.50 bits per heavy atom. The molecule has 0 saturated heterocycles. The fourth-order valence-corrected chi connectivity index (χ4v) is 0. The van der Waals surface area contributed by atoms with Crippen molar-refractivity contribution in [2.24, 2.45) is 0 Å². The molecule has 0 heterocycles. The Morgan fingerprint density at radius 1 is 1.50 bits per heavy atom. The molecule has 4 heteroatoms. The van der Waals surface area contributed by atoms with Crippen LogP contribution in [0.25, 0.3) is 0 Å².